The minimum Gasteiger partial charge on any atom is -0.103 e. The zero-order valence-electron chi connectivity index (χ0n) is 7.84. The Kier molecular flexibility index (Phi) is 3.16. The van der Waals surface area contributed by atoms with Crippen molar-refractivity contribution in [1.82, 2.24) is 0 Å². The Labute approximate surface area is 70.7 Å². The van der Waals surface area contributed by atoms with Crippen molar-refractivity contribution in [1.29, 1.82) is 0 Å². The highest BCUT2D eigenvalue weighted by molar-refractivity contribution is 4.83. The summed E-state index contributed by atoms with van der Waals surface area (Å²) >= 11 is 0. The Bertz CT molecular complexity index is 126. The lowest BCUT2D eigenvalue weighted by molar-refractivity contribution is 0.485. The SMILES string of the molecule is C=CCC(C)CCC1CC1C. The predicted molar refractivity (Wildman–Crippen MR) is 50.5 cm³/mol. The fraction of sp³-hybridized carbons (Fsp3) is 0.818. The van der Waals surface area contributed by atoms with E-state index in [1.54, 1.807) is 0 Å². The maximum Gasteiger partial charge on any atom is -0.0328 e. The Morgan fingerprint density at radius 1 is 1.64 bits per heavy atom. The number of hydrogen-bond acceptors (Lipinski definition) is 0. The van der Waals surface area contributed by atoms with Crippen molar-refractivity contribution in [3.8, 4) is 0 Å². The number of rotatable bonds is 5. The minimum atomic E-state index is 0.861. The van der Waals surface area contributed by atoms with Crippen molar-refractivity contribution < 1.29 is 0 Å². The van der Waals surface area contributed by atoms with E-state index in [1.165, 1.54) is 25.7 Å². The first-order valence-corrected chi connectivity index (χ1v) is 4.85. The van der Waals surface area contributed by atoms with Crippen molar-refractivity contribution >= 4 is 0 Å². The smallest absolute Gasteiger partial charge is 0.0328 e. The third-order valence-corrected chi connectivity index (χ3v) is 2.88. The molecule has 0 heteroatoms. The summed E-state index contributed by atoms with van der Waals surface area (Å²) in [5.41, 5.74) is 0. The van der Waals surface area contributed by atoms with Crippen molar-refractivity contribution in [3.05, 3.63) is 12.7 Å². The third kappa shape index (κ3) is 3.09. The van der Waals surface area contributed by atoms with Crippen LogP contribution in [0.5, 0.6) is 0 Å². The van der Waals surface area contributed by atoms with Gasteiger partial charge in [0.1, 0.15) is 0 Å². The lowest BCUT2D eigenvalue weighted by atomic mass is 10.00. The largest absolute Gasteiger partial charge is 0.103 e. The van der Waals surface area contributed by atoms with E-state index in [4.69, 9.17) is 0 Å². The molecule has 11 heavy (non-hydrogen) atoms. The highest BCUT2D eigenvalue weighted by Gasteiger charge is 2.31. The molecule has 64 valence electrons. The van der Waals surface area contributed by atoms with E-state index >= 15 is 0 Å². The predicted octanol–water partition coefficient (Wildman–Crippen LogP) is 3.63. The molecule has 0 radical (unpaired) electrons. The van der Waals surface area contributed by atoms with Gasteiger partial charge in [0.2, 0.25) is 0 Å². The van der Waals surface area contributed by atoms with Gasteiger partial charge in [-0.2, -0.15) is 0 Å². The molecule has 0 nitrogen and oxygen atoms in total. The molecule has 0 amide bonds. The second-order valence-electron chi connectivity index (χ2n) is 4.18. The zero-order valence-corrected chi connectivity index (χ0v) is 7.84. The highest BCUT2D eigenvalue weighted by atomic mass is 14.4. The summed E-state index contributed by atoms with van der Waals surface area (Å²) < 4.78 is 0. The van der Waals surface area contributed by atoms with Gasteiger partial charge >= 0.3 is 0 Å². The molecule has 0 aromatic rings. The summed E-state index contributed by atoms with van der Waals surface area (Å²) in [6.45, 7) is 8.45. The number of hydrogen-bond donors (Lipinski definition) is 0. The molecule has 1 fully saturated rings. The molecule has 3 atom stereocenters. The molecule has 0 saturated heterocycles. The van der Waals surface area contributed by atoms with Crippen LogP contribution in [0.3, 0.4) is 0 Å². The van der Waals surface area contributed by atoms with Crippen LogP contribution in [0.1, 0.15) is 39.5 Å². The molecule has 1 aliphatic carbocycles. The van der Waals surface area contributed by atoms with Crippen molar-refractivity contribution in [2.24, 2.45) is 17.8 Å². The molecule has 1 saturated carbocycles. The highest BCUT2D eigenvalue weighted by Crippen LogP contribution is 2.42. The first kappa shape index (κ1) is 8.83. The van der Waals surface area contributed by atoms with Gasteiger partial charge in [-0.1, -0.05) is 26.3 Å². The molecule has 0 aromatic carbocycles. The lowest BCUT2D eigenvalue weighted by Gasteiger charge is -2.06. The van der Waals surface area contributed by atoms with E-state index in [-0.39, 0.29) is 0 Å². The zero-order chi connectivity index (χ0) is 8.27. The van der Waals surface area contributed by atoms with Gasteiger partial charge in [0, 0.05) is 0 Å². The second kappa shape index (κ2) is 3.94. The van der Waals surface area contributed by atoms with Gasteiger partial charge in [0.25, 0.3) is 0 Å². The molecule has 0 heterocycles. The van der Waals surface area contributed by atoms with Gasteiger partial charge in [0.15, 0.2) is 0 Å². The minimum absolute atomic E-state index is 0.861. The summed E-state index contributed by atoms with van der Waals surface area (Å²) in [6.07, 6.45) is 7.58. The molecule has 0 aliphatic heterocycles. The molecular weight excluding hydrogens is 132 g/mol. The van der Waals surface area contributed by atoms with Gasteiger partial charge < -0.3 is 0 Å². The first-order valence-electron chi connectivity index (χ1n) is 4.85. The Morgan fingerprint density at radius 3 is 2.73 bits per heavy atom. The van der Waals surface area contributed by atoms with E-state index in [0.717, 1.165) is 17.8 Å². The van der Waals surface area contributed by atoms with E-state index in [1.807, 2.05) is 6.08 Å². The topological polar surface area (TPSA) is 0 Å². The van der Waals surface area contributed by atoms with Crippen LogP contribution >= 0.6 is 0 Å². The molecular formula is C11H20. The third-order valence-electron chi connectivity index (χ3n) is 2.88. The van der Waals surface area contributed by atoms with E-state index in [2.05, 4.69) is 20.4 Å². The van der Waals surface area contributed by atoms with Gasteiger partial charge in [0.05, 0.1) is 0 Å². The van der Waals surface area contributed by atoms with Gasteiger partial charge in [-0.15, -0.1) is 6.58 Å². The van der Waals surface area contributed by atoms with Crippen LogP contribution < -0.4 is 0 Å². The van der Waals surface area contributed by atoms with E-state index < -0.39 is 0 Å². The van der Waals surface area contributed by atoms with Crippen LogP contribution in [0, 0.1) is 17.8 Å². The van der Waals surface area contributed by atoms with Crippen LogP contribution in [0.4, 0.5) is 0 Å². The standard InChI is InChI=1S/C11H20/c1-4-5-9(2)6-7-11-8-10(11)3/h4,9-11H,1,5-8H2,2-3H3. The molecule has 3 unspecified atom stereocenters. The normalized spacial score (nSPS) is 31.5. The van der Waals surface area contributed by atoms with E-state index in [0.29, 0.717) is 0 Å². The average molecular weight is 152 g/mol. The van der Waals surface area contributed by atoms with Crippen molar-refractivity contribution in [2.75, 3.05) is 0 Å². The summed E-state index contributed by atoms with van der Waals surface area (Å²) in [4.78, 5) is 0. The lowest BCUT2D eigenvalue weighted by Crippen LogP contribution is -1.93. The van der Waals surface area contributed by atoms with Crippen LogP contribution in [0.25, 0.3) is 0 Å². The maximum absolute atomic E-state index is 3.76. The monoisotopic (exact) mass is 152 g/mol. The average Bonchev–Trinajstić information content (AvgIpc) is 2.63. The maximum atomic E-state index is 3.76. The number of allylic oxidation sites excluding steroid dienone is 1. The molecule has 0 bridgehead atoms. The second-order valence-corrected chi connectivity index (χ2v) is 4.18. The van der Waals surface area contributed by atoms with E-state index in [9.17, 15) is 0 Å². The first-order chi connectivity index (χ1) is 5.24. The van der Waals surface area contributed by atoms with Gasteiger partial charge in [-0.05, 0) is 37.0 Å². The Balaban J connectivity index is 1.98. The summed E-state index contributed by atoms with van der Waals surface area (Å²) in [7, 11) is 0. The molecule has 1 aliphatic rings. The molecule has 0 N–H and O–H groups in total. The van der Waals surface area contributed by atoms with Crippen LogP contribution in [-0.2, 0) is 0 Å². The van der Waals surface area contributed by atoms with Crippen LogP contribution in [-0.4, -0.2) is 0 Å². The molecule has 1 rings (SSSR count). The summed E-state index contributed by atoms with van der Waals surface area (Å²) in [5.74, 6) is 2.97. The Hall–Kier alpha value is -0.260. The summed E-state index contributed by atoms with van der Waals surface area (Å²) in [6, 6.07) is 0. The van der Waals surface area contributed by atoms with Crippen LogP contribution in [0.2, 0.25) is 0 Å². The fourth-order valence-electron chi connectivity index (χ4n) is 1.70. The van der Waals surface area contributed by atoms with Gasteiger partial charge in [-0.25, -0.2) is 0 Å². The van der Waals surface area contributed by atoms with Crippen molar-refractivity contribution in [2.45, 2.75) is 39.5 Å². The molecule has 0 aromatic heterocycles. The molecule has 0 spiro atoms. The quantitative estimate of drug-likeness (QED) is 0.528. The fourth-order valence-corrected chi connectivity index (χ4v) is 1.70. The Morgan fingerprint density at radius 2 is 2.27 bits per heavy atom. The summed E-state index contributed by atoms with van der Waals surface area (Å²) in [5, 5.41) is 0. The van der Waals surface area contributed by atoms with Gasteiger partial charge in [-0.3, -0.25) is 0 Å². The van der Waals surface area contributed by atoms with Crippen molar-refractivity contribution in [3.63, 3.8) is 0 Å². The van der Waals surface area contributed by atoms with Crippen LogP contribution in [0.15, 0.2) is 12.7 Å².